The van der Waals surface area contributed by atoms with Gasteiger partial charge in [0.1, 0.15) is 11.6 Å². The fourth-order valence-corrected chi connectivity index (χ4v) is 2.51. The van der Waals surface area contributed by atoms with Gasteiger partial charge in [-0.25, -0.2) is 9.18 Å². The summed E-state index contributed by atoms with van der Waals surface area (Å²) >= 11 is 0. The van der Waals surface area contributed by atoms with Crippen molar-refractivity contribution in [3.05, 3.63) is 99.9 Å². The zero-order valence-corrected chi connectivity index (χ0v) is 11.6. The van der Waals surface area contributed by atoms with Crippen molar-refractivity contribution < 1.29 is 13.9 Å². The van der Waals surface area contributed by atoms with Crippen LogP contribution in [0.2, 0.25) is 0 Å². The molecule has 1 N–H and O–H groups in total. The van der Waals surface area contributed by atoms with E-state index in [0.29, 0.717) is 5.56 Å². The first-order chi connectivity index (χ1) is 10.7. The van der Waals surface area contributed by atoms with Gasteiger partial charge in [0.15, 0.2) is 0 Å². The van der Waals surface area contributed by atoms with Crippen molar-refractivity contribution in [3.63, 3.8) is 0 Å². The molecule has 22 heavy (non-hydrogen) atoms. The first-order valence-corrected chi connectivity index (χ1v) is 6.78. The molecule has 0 saturated carbocycles. The molecule has 110 valence electrons. The zero-order chi connectivity index (χ0) is 15.5. The van der Waals surface area contributed by atoms with Gasteiger partial charge in [-0.15, -0.1) is 0 Å². The number of hydrogen-bond acceptors (Lipinski definition) is 3. The van der Waals surface area contributed by atoms with Crippen molar-refractivity contribution in [2.75, 3.05) is 0 Å². The topological polar surface area (TPSA) is 50.4 Å². The summed E-state index contributed by atoms with van der Waals surface area (Å²) in [6.07, 6.45) is 1.15. The lowest BCUT2D eigenvalue weighted by Gasteiger charge is -2.18. The summed E-state index contributed by atoms with van der Waals surface area (Å²) in [6, 6.07) is 16.4. The summed E-state index contributed by atoms with van der Waals surface area (Å²) in [5, 5.41) is 10.1. The minimum absolute atomic E-state index is 0.139. The first-order valence-electron chi connectivity index (χ1n) is 6.78. The van der Waals surface area contributed by atoms with Crippen LogP contribution in [0, 0.1) is 5.82 Å². The summed E-state index contributed by atoms with van der Waals surface area (Å²) in [5.74, 6) is -1.03. The summed E-state index contributed by atoms with van der Waals surface area (Å²) < 4.78 is 18.1. The van der Waals surface area contributed by atoms with Gasteiger partial charge in [0.25, 0.3) is 0 Å². The Labute approximate surface area is 126 Å². The molecule has 4 heteroatoms. The van der Waals surface area contributed by atoms with Crippen molar-refractivity contribution >= 4 is 0 Å². The van der Waals surface area contributed by atoms with Gasteiger partial charge in [0.05, 0.1) is 11.8 Å². The maximum absolute atomic E-state index is 13.2. The van der Waals surface area contributed by atoms with Crippen molar-refractivity contribution in [1.29, 1.82) is 0 Å². The van der Waals surface area contributed by atoms with Gasteiger partial charge < -0.3 is 9.52 Å². The standard InChI is InChI=1S/C18H13FO3/c19-14-8-6-13(7-9-14)16(12-4-2-1-3-5-12)17-15(20)10-11-22-18(17)21/h1-11,16,20H. The second-order valence-electron chi connectivity index (χ2n) is 4.90. The van der Waals surface area contributed by atoms with E-state index in [1.807, 2.05) is 30.3 Å². The molecule has 0 saturated heterocycles. The number of aromatic hydroxyl groups is 1. The highest BCUT2D eigenvalue weighted by molar-refractivity contribution is 5.46. The molecule has 1 heterocycles. The maximum Gasteiger partial charge on any atom is 0.343 e. The molecule has 1 aromatic heterocycles. The highest BCUT2D eigenvalue weighted by Crippen LogP contribution is 2.34. The number of benzene rings is 2. The molecule has 0 radical (unpaired) electrons. The molecule has 1 unspecified atom stereocenters. The highest BCUT2D eigenvalue weighted by Gasteiger charge is 2.24. The van der Waals surface area contributed by atoms with E-state index in [2.05, 4.69) is 0 Å². The fraction of sp³-hybridized carbons (Fsp3) is 0.0556. The van der Waals surface area contributed by atoms with Crippen molar-refractivity contribution in [2.24, 2.45) is 0 Å². The molecule has 0 aliphatic carbocycles. The Hall–Kier alpha value is -2.88. The normalized spacial score (nSPS) is 12.0. The highest BCUT2D eigenvalue weighted by atomic mass is 19.1. The van der Waals surface area contributed by atoms with E-state index < -0.39 is 11.5 Å². The van der Waals surface area contributed by atoms with Crippen LogP contribution in [-0.4, -0.2) is 5.11 Å². The fourth-order valence-electron chi connectivity index (χ4n) is 2.51. The summed E-state index contributed by atoms with van der Waals surface area (Å²) in [4.78, 5) is 12.1. The molecule has 1 atom stereocenters. The summed E-state index contributed by atoms with van der Waals surface area (Å²) in [7, 11) is 0. The molecular formula is C18H13FO3. The van der Waals surface area contributed by atoms with Crippen LogP contribution in [0.25, 0.3) is 0 Å². The van der Waals surface area contributed by atoms with Crippen LogP contribution in [0.5, 0.6) is 5.75 Å². The Kier molecular flexibility index (Phi) is 3.74. The van der Waals surface area contributed by atoms with Crippen LogP contribution in [0.4, 0.5) is 4.39 Å². The second-order valence-corrected chi connectivity index (χ2v) is 4.90. The van der Waals surface area contributed by atoms with E-state index in [1.165, 1.54) is 18.2 Å². The smallest absolute Gasteiger partial charge is 0.343 e. The van der Waals surface area contributed by atoms with E-state index in [9.17, 15) is 14.3 Å². The first kappa shape index (κ1) is 14.1. The lowest BCUT2D eigenvalue weighted by atomic mass is 9.85. The van der Waals surface area contributed by atoms with Gasteiger partial charge in [-0.2, -0.15) is 0 Å². The Morgan fingerprint density at radius 3 is 2.18 bits per heavy atom. The number of hydrogen-bond donors (Lipinski definition) is 1. The third-order valence-electron chi connectivity index (χ3n) is 3.52. The molecular weight excluding hydrogens is 283 g/mol. The molecule has 0 aliphatic rings. The Balaban J connectivity index is 2.24. The third kappa shape index (κ3) is 2.63. The number of halogens is 1. The predicted octanol–water partition coefficient (Wildman–Crippen LogP) is 3.66. The van der Waals surface area contributed by atoms with E-state index in [4.69, 9.17) is 4.42 Å². The average Bonchev–Trinajstić information content (AvgIpc) is 2.53. The average molecular weight is 296 g/mol. The van der Waals surface area contributed by atoms with Gasteiger partial charge in [-0.3, -0.25) is 0 Å². The van der Waals surface area contributed by atoms with Gasteiger partial charge in [-0.05, 0) is 23.3 Å². The minimum Gasteiger partial charge on any atom is -0.507 e. The summed E-state index contributed by atoms with van der Waals surface area (Å²) in [5.41, 5.74) is 1.03. The van der Waals surface area contributed by atoms with E-state index in [0.717, 1.165) is 11.8 Å². The molecule has 3 rings (SSSR count). The van der Waals surface area contributed by atoms with E-state index >= 15 is 0 Å². The van der Waals surface area contributed by atoms with E-state index in [1.54, 1.807) is 12.1 Å². The van der Waals surface area contributed by atoms with Crippen molar-refractivity contribution in [2.45, 2.75) is 5.92 Å². The monoisotopic (exact) mass is 296 g/mol. The van der Waals surface area contributed by atoms with Crippen LogP contribution in [0.3, 0.4) is 0 Å². The molecule has 0 bridgehead atoms. The van der Waals surface area contributed by atoms with Crippen LogP contribution in [-0.2, 0) is 0 Å². The summed E-state index contributed by atoms with van der Waals surface area (Å²) in [6.45, 7) is 0. The van der Waals surface area contributed by atoms with Gasteiger partial charge in [0.2, 0.25) is 0 Å². The SMILES string of the molecule is O=c1occc(O)c1C(c1ccccc1)c1ccc(F)cc1. The van der Waals surface area contributed by atoms with Crippen LogP contribution in [0.15, 0.2) is 76.1 Å². The molecule has 0 amide bonds. The lowest BCUT2D eigenvalue weighted by Crippen LogP contribution is -2.14. The van der Waals surface area contributed by atoms with Crippen molar-refractivity contribution in [1.82, 2.24) is 0 Å². The quantitative estimate of drug-likeness (QED) is 0.802. The van der Waals surface area contributed by atoms with Crippen LogP contribution < -0.4 is 5.63 Å². The maximum atomic E-state index is 13.2. The zero-order valence-electron chi connectivity index (χ0n) is 11.6. The molecule has 0 fully saturated rings. The molecule has 0 aliphatic heterocycles. The van der Waals surface area contributed by atoms with Crippen molar-refractivity contribution in [3.8, 4) is 5.75 Å². The Bertz CT molecular complexity index is 823. The molecule has 3 aromatic rings. The van der Waals surface area contributed by atoms with E-state index in [-0.39, 0.29) is 17.1 Å². The number of rotatable bonds is 3. The molecule has 3 nitrogen and oxygen atoms in total. The van der Waals surface area contributed by atoms with Crippen LogP contribution in [0.1, 0.15) is 22.6 Å². The van der Waals surface area contributed by atoms with Gasteiger partial charge in [0, 0.05) is 12.0 Å². The Morgan fingerprint density at radius 2 is 1.55 bits per heavy atom. The minimum atomic E-state index is -0.613. The molecule has 2 aromatic carbocycles. The second kappa shape index (κ2) is 5.85. The lowest BCUT2D eigenvalue weighted by molar-refractivity contribution is 0.433. The Morgan fingerprint density at radius 1 is 0.909 bits per heavy atom. The van der Waals surface area contributed by atoms with Gasteiger partial charge >= 0.3 is 5.63 Å². The largest absolute Gasteiger partial charge is 0.507 e. The predicted molar refractivity (Wildman–Crippen MR) is 80.4 cm³/mol. The van der Waals surface area contributed by atoms with Gasteiger partial charge in [-0.1, -0.05) is 42.5 Å². The third-order valence-corrected chi connectivity index (χ3v) is 3.52. The van der Waals surface area contributed by atoms with Crippen LogP contribution >= 0.6 is 0 Å². The molecule has 0 spiro atoms.